The van der Waals surface area contributed by atoms with Crippen molar-refractivity contribution in [3.63, 3.8) is 0 Å². The fraction of sp³-hybridized carbons (Fsp3) is 0.650. The molecule has 1 aromatic carbocycles. The van der Waals surface area contributed by atoms with Crippen molar-refractivity contribution in [1.82, 2.24) is 4.90 Å². The van der Waals surface area contributed by atoms with E-state index in [0.29, 0.717) is 12.3 Å². The molecule has 0 amide bonds. The van der Waals surface area contributed by atoms with Gasteiger partial charge in [0.25, 0.3) is 0 Å². The average Bonchev–Trinajstić information content (AvgIpc) is 2.86. The number of carbonyl (C=O) groups excluding carboxylic acids is 1. The maximum atomic E-state index is 12.5. The van der Waals surface area contributed by atoms with E-state index < -0.39 is 0 Å². The lowest BCUT2D eigenvalue weighted by Crippen LogP contribution is -2.46. The van der Waals surface area contributed by atoms with E-state index in [2.05, 4.69) is 44.7 Å². The van der Waals surface area contributed by atoms with E-state index in [-0.39, 0.29) is 11.3 Å². The van der Waals surface area contributed by atoms with Gasteiger partial charge in [-0.2, -0.15) is 0 Å². The Hall–Kier alpha value is -1.15. The van der Waals surface area contributed by atoms with Gasteiger partial charge < -0.3 is 0 Å². The molecule has 0 atom stereocenters. The van der Waals surface area contributed by atoms with Crippen molar-refractivity contribution in [2.75, 3.05) is 19.6 Å². The summed E-state index contributed by atoms with van der Waals surface area (Å²) in [6.07, 6.45) is 4.59. The number of Topliss-reactive ketones (excluding diaryl/α,β-unsaturated/α-hetero) is 1. The third-order valence-corrected chi connectivity index (χ3v) is 5.71. The molecule has 1 aromatic rings. The molecule has 0 unspecified atom stereocenters. The zero-order valence-electron chi connectivity index (χ0n) is 14.5. The predicted molar refractivity (Wildman–Crippen MR) is 91.4 cm³/mol. The van der Waals surface area contributed by atoms with Crippen molar-refractivity contribution in [1.29, 1.82) is 0 Å². The maximum absolute atomic E-state index is 12.5. The van der Waals surface area contributed by atoms with Gasteiger partial charge in [0.2, 0.25) is 0 Å². The molecule has 22 heavy (non-hydrogen) atoms. The van der Waals surface area contributed by atoms with Crippen LogP contribution < -0.4 is 0 Å². The number of nitrogens with zero attached hydrogens (tertiary/aromatic N) is 1. The highest BCUT2D eigenvalue weighted by Gasteiger charge is 2.46. The summed E-state index contributed by atoms with van der Waals surface area (Å²) in [5.41, 5.74) is 5.82. The SMILES string of the molecule is Cc1cc(C)c(C2(C)CC(C(=O)CN3CCCC3)C2)c(C)c1. The molecule has 1 aliphatic carbocycles. The number of aryl methyl sites for hydroxylation is 3. The highest BCUT2D eigenvalue weighted by molar-refractivity contribution is 5.84. The first-order chi connectivity index (χ1) is 10.4. The summed E-state index contributed by atoms with van der Waals surface area (Å²) in [4.78, 5) is 14.8. The van der Waals surface area contributed by atoms with Crippen LogP contribution in [0.5, 0.6) is 0 Å². The number of hydrogen-bond donors (Lipinski definition) is 0. The fourth-order valence-corrected chi connectivity index (χ4v) is 4.88. The van der Waals surface area contributed by atoms with E-state index in [1.165, 1.54) is 35.1 Å². The van der Waals surface area contributed by atoms with Gasteiger partial charge in [0.15, 0.2) is 0 Å². The molecule has 0 N–H and O–H groups in total. The minimum absolute atomic E-state index is 0.202. The molecule has 2 aliphatic rings. The van der Waals surface area contributed by atoms with E-state index in [4.69, 9.17) is 0 Å². The van der Waals surface area contributed by atoms with E-state index in [1.807, 2.05) is 0 Å². The van der Waals surface area contributed by atoms with Gasteiger partial charge in [-0.1, -0.05) is 24.6 Å². The van der Waals surface area contributed by atoms with Crippen LogP contribution in [0.2, 0.25) is 0 Å². The summed E-state index contributed by atoms with van der Waals surface area (Å²) < 4.78 is 0. The summed E-state index contributed by atoms with van der Waals surface area (Å²) in [6, 6.07) is 4.57. The van der Waals surface area contributed by atoms with E-state index in [0.717, 1.165) is 25.9 Å². The number of benzene rings is 1. The van der Waals surface area contributed by atoms with Crippen LogP contribution in [0.4, 0.5) is 0 Å². The molecule has 0 spiro atoms. The summed E-state index contributed by atoms with van der Waals surface area (Å²) >= 11 is 0. The fourth-order valence-electron chi connectivity index (χ4n) is 4.88. The molecule has 2 heteroatoms. The van der Waals surface area contributed by atoms with Gasteiger partial charge in [0.1, 0.15) is 5.78 Å². The molecule has 3 rings (SSSR count). The van der Waals surface area contributed by atoms with E-state index >= 15 is 0 Å². The molecule has 0 bridgehead atoms. The molecule has 2 fully saturated rings. The van der Waals surface area contributed by atoms with Crippen molar-refractivity contribution in [2.45, 2.75) is 58.8 Å². The first-order valence-corrected chi connectivity index (χ1v) is 8.72. The van der Waals surface area contributed by atoms with Crippen molar-refractivity contribution in [3.05, 3.63) is 34.4 Å². The zero-order chi connectivity index (χ0) is 15.9. The van der Waals surface area contributed by atoms with Crippen LogP contribution in [-0.4, -0.2) is 30.3 Å². The maximum Gasteiger partial charge on any atom is 0.149 e. The minimum Gasteiger partial charge on any atom is -0.298 e. The second-order valence-corrected chi connectivity index (χ2v) is 7.89. The highest BCUT2D eigenvalue weighted by Crippen LogP contribution is 2.50. The van der Waals surface area contributed by atoms with E-state index in [9.17, 15) is 4.79 Å². The first kappa shape index (κ1) is 15.7. The summed E-state index contributed by atoms with van der Waals surface area (Å²) in [6.45, 7) is 11.9. The Bertz CT molecular complexity index is 554. The van der Waals surface area contributed by atoms with Crippen molar-refractivity contribution in [2.24, 2.45) is 5.92 Å². The lowest BCUT2D eigenvalue weighted by atomic mass is 9.57. The quantitative estimate of drug-likeness (QED) is 0.839. The monoisotopic (exact) mass is 299 g/mol. The molecule has 1 saturated heterocycles. The average molecular weight is 299 g/mol. The normalized spacial score (nSPS) is 28.6. The van der Waals surface area contributed by atoms with Gasteiger partial charge in [0, 0.05) is 5.92 Å². The van der Waals surface area contributed by atoms with Gasteiger partial charge in [-0.3, -0.25) is 9.69 Å². The number of rotatable bonds is 4. The van der Waals surface area contributed by atoms with Crippen molar-refractivity contribution < 1.29 is 4.79 Å². The van der Waals surface area contributed by atoms with Crippen molar-refractivity contribution in [3.8, 4) is 0 Å². The Morgan fingerprint density at radius 1 is 1.14 bits per heavy atom. The Kier molecular flexibility index (Phi) is 4.15. The molecular formula is C20H29NO. The second-order valence-electron chi connectivity index (χ2n) is 7.89. The Morgan fingerprint density at radius 2 is 1.68 bits per heavy atom. The van der Waals surface area contributed by atoms with Gasteiger partial charge in [-0.15, -0.1) is 0 Å². The van der Waals surface area contributed by atoms with E-state index in [1.54, 1.807) is 0 Å². The van der Waals surface area contributed by atoms with Crippen LogP contribution in [0, 0.1) is 26.7 Å². The van der Waals surface area contributed by atoms with Crippen LogP contribution in [0.3, 0.4) is 0 Å². The number of likely N-dealkylation sites (tertiary alicyclic amines) is 1. The largest absolute Gasteiger partial charge is 0.298 e. The van der Waals surface area contributed by atoms with Gasteiger partial charge in [-0.05, 0) is 81.6 Å². The molecule has 0 aromatic heterocycles. The van der Waals surface area contributed by atoms with Crippen LogP contribution in [0.25, 0.3) is 0 Å². The van der Waals surface area contributed by atoms with Gasteiger partial charge in [-0.25, -0.2) is 0 Å². The van der Waals surface area contributed by atoms with Gasteiger partial charge in [0.05, 0.1) is 6.54 Å². The smallest absolute Gasteiger partial charge is 0.149 e. The predicted octanol–water partition coefficient (Wildman–Crippen LogP) is 3.94. The molecule has 0 radical (unpaired) electrons. The second kappa shape index (κ2) is 5.81. The molecule has 1 aliphatic heterocycles. The molecule has 1 heterocycles. The standard InChI is InChI=1S/C20H29NO/c1-14-9-15(2)19(16(3)10-14)20(4)11-17(12-20)18(22)13-21-7-5-6-8-21/h9-10,17H,5-8,11-13H2,1-4H3. The van der Waals surface area contributed by atoms with Crippen LogP contribution in [0.1, 0.15) is 54.9 Å². The third kappa shape index (κ3) is 2.86. The Morgan fingerprint density at radius 3 is 2.23 bits per heavy atom. The summed E-state index contributed by atoms with van der Waals surface area (Å²) in [7, 11) is 0. The summed E-state index contributed by atoms with van der Waals surface area (Å²) in [5, 5.41) is 0. The third-order valence-electron chi connectivity index (χ3n) is 5.71. The number of hydrogen-bond acceptors (Lipinski definition) is 2. The first-order valence-electron chi connectivity index (χ1n) is 8.72. The van der Waals surface area contributed by atoms with Gasteiger partial charge >= 0.3 is 0 Å². The topological polar surface area (TPSA) is 20.3 Å². The van der Waals surface area contributed by atoms with Crippen molar-refractivity contribution >= 4 is 5.78 Å². The lowest BCUT2D eigenvalue weighted by molar-refractivity contribution is -0.128. The summed E-state index contributed by atoms with van der Waals surface area (Å²) in [5.74, 6) is 0.757. The number of carbonyl (C=O) groups is 1. The van der Waals surface area contributed by atoms with Crippen LogP contribution >= 0.6 is 0 Å². The highest BCUT2D eigenvalue weighted by atomic mass is 16.1. The molecule has 120 valence electrons. The lowest BCUT2D eigenvalue weighted by Gasteiger charge is -2.47. The molecular weight excluding hydrogens is 270 g/mol. The Balaban J connectivity index is 1.67. The van der Waals surface area contributed by atoms with Crippen LogP contribution in [-0.2, 0) is 10.2 Å². The zero-order valence-corrected chi connectivity index (χ0v) is 14.5. The molecule has 1 saturated carbocycles. The minimum atomic E-state index is 0.202. The Labute approximate surface area is 134 Å². The number of ketones is 1. The molecule has 2 nitrogen and oxygen atoms in total. The van der Waals surface area contributed by atoms with Crippen LogP contribution in [0.15, 0.2) is 12.1 Å².